The Kier molecular flexibility index (Phi) is 5.85. The van der Waals surface area contributed by atoms with Crippen LogP contribution in [0, 0.1) is 17.0 Å². The topological polar surface area (TPSA) is 165 Å². The summed E-state index contributed by atoms with van der Waals surface area (Å²) in [6.07, 6.45) is 1.49. The van der Waals surface area contributed by atoms with Crippen molar-refractivity contribution in [2.24, 2.45) is 10.2 Å². The zero-order valence-corrected chi connectivity index (χ0v) is 18.5. The Hall–Kier alpha value is -4.17. The van der Waals surface area contributed by atoms with Crippen molar-refractivity contribution in [2.75, 3.05) is 4.72 Å². The predicted molar refractivity (Wildman–Crippen MR) is 121 cm³/mol. The van der Waals surface area contributed by atoms with Crippen molar-refractivity contribution in [3.8, 4) is 5.69 Å². The fourth-order valence-corrected chi connectivity index (χ4v) is 4.60. The number of H-pyrrole nitrogens is 1. The number of anilines is 1. The molecular weight excluding hydrogens is 470 g/mol. The number of hydrogen-bond donors (Lipinski definition) is 2. The predicted octanol–water partition coefficient (Wildman–Crippen LogP) is 4.05. The molecule has 0 radical (unpaired) electrons. The lowest BCUT2D eigenvalue weighted by Gasteiger charge is -2.04. The molecule has 0 aliphatic carbocycles. The summed E-state index contributed by atoms with van der Waals surface area (Å²) in [6.45, 7) is 1.64. The maximum Gasteiger partial charge on any atom is 0.299 e. The van der Waals surface area contributed by atoms with Crippen LogP contribution >= 0.6 is 11.3 Å². The standard InChI is InChI=1S/C19H15N7O5S2/c1-12-17(18(27)25(23-12)14-4-6-15(7-5-14)26(28)29)22-21-13-2-8-16(9-3-13)33(30,31)24-19-20-10-11-32-19/h2-11,23H,1H3,(H,20,24). The maximum atomic E-state index is 12.7. The summed E-state index contributed by atoms with van der Waals surface area (Å²) in [5.41, 5.74) is 0.645. The minimum Gasteiger partial charge on any atom is -0.293 e. The van der Waals surface area contributed by atoms with Crippen molar-refractivity contribution < 1.29 is 13.3 Å². The quantitative estimate of drug-likeness (QED) is 0.228. The van der Waals surface area contributed by atoms with Gasteiger partial charge in [-0.25, -0.2) is 18.1 Å². The van der Waals surface area contributed by atoms with E-state index in [9.17, 15) is 23.3 Å². The summed E-state index contributed by atoms with van der Waals surface area (Å²) < 4.78 is 28.4. The first-order valence-corrected chi connectivity index (χ1v) is 11.6. The monoisotopic (exact) mass is 485 g/mol. The van der Waals surface area contributed by atoms with Crippen molar-refractivity contribution in [1.29, 1.82) is 0 Å². The van der Waals surface area contributed by atoms with Crippen molar-refractivity contribution in [3.63, 3.8) is 0 Å². The molecule has 4 rings (SSSR count). The molecular formula is C19H15N7O5S2. The molecule has 33 heavy (non-hydrogen) atoms. The number of nitro groups is 1. The van der Waals surface area contributed by atoms with Gasteiger partial charge in [-0.05, 0) is 43.3 Å². The molecule has 168 valence electrons. The lowest BCUT2D eigenvalue weighted by Crippen LogP contribution is -2.13. The van der Waals surface area contributed by atoms with Gasteiger partial charge in [0.05, 0.1) is 26.9 Å². The SMILES string of the molecule is Cc1[nH]n(-c2ccc([N+](=O)[O-])cc2)c(=O)c1N=Nc1ccc(S(=O)(=O)Nc2nccs2)cc1. The Balaban J connectivity index is 1.55. The highest BCUT2D eigenvalue weighted by Crippen LogP contribution is 2.23. The average molecular weight is 486 g/mol. The van der Waals surface area contributed by atoms with E-state index in [1.807, 2.05) is 0 Å². The number of hydrogen-bond acceptors (Lipinski definition) is 9. The van der Waals surface area contributed by atoms with Crippen molar-refractivity contribution in [2.45, 2.75) is 11.8 Å². The summed E-state index contributed by atoms with van der Waals surface area (Å²) in [7, 11) is -3.79. The highest BCUT2D eigenvalue weighted by atomic mass is 32.2. The summed E-state index contributed by atoms with van der Waals surface area (Å²) in [4.78, 5) is 26.9. The van der Waals surface area contributed by atoms with Crippen LogP contribution in [0.1, 0.15) is 5.69 Å². The van der Waals surface area contributed by atoms with Gasteiger partial charge in [0.1, 0.15) is 0 Å². The first-order chi connectivity index (χ1) is 15.7. The van der Waals surface area contributed by atoms with E-state index in [2.05, 4.69) is 25.0 Å². The molecule has 4 aromatic rings. The van der Waals surface area contributed by atoms with Crippen molar-refractivity contribution in [1.82, 2.24) is 14.8 Å². The van der Waals surface area contributed by atoms with Gasteiger partial charge >= 0.3 is 0 Å². The van der Waals surface area contributed by atoms with E-state index in [1.54, 1.807) is 12.3 Å². The van der Waals surface area contributed by atoms with E-state index in [-0.39, 0.29) is 21.4 Å². The molecule has 0 amide bonds. The van der Waals surface area contributed by atoms with Crippen LogP contribution < -0.4 is 10.3 Å². The smallest absolute Gasteiger partial charge is 0.293 e. The van der Waals surface area contributed by atoms with Gasteiger partial charge in [-0.2, -0.15) is 5.11 Å². The van der Waals surface area contributed by atoms with E-state index in [4.69, 9.17) is 0 Å². The summed E-state index contributed by atoms with van der Waals surface area (Å²) in [5, 5.41) is 23.6. The lowest BCUT2D eigenvalue weighted by molar-refractivity contribution is -0.384. The number of aryl methyl sites for hydroxylation is 1. The number of sulfonamides is 1. The average Bonchev–Trinajstić information content (AvgIpc) is 3.40. The number of nitrogens with zero attached hydrogens (tertiary/aromatic N) is 5. The minimum atomic E-state index is -3.79. The second-order valence-corrected chi connectivity index (χ2v) is 9.21. The Morgan fingerprint density at radius 2 is 1.82 bits per heavy atom. The van der Waals surface area contributed by atoms with Gasteiger partial charge in [-0.15, -0.1) is 16.5 Å². The molecule has 2 aromatic heterocycles. The number of rotatable bonds is 7. The van der Waals surface area contributed by atoms with Crippen LogP contribution in [0.25, 0.3) is 5.69 Å². The molecule has 0 bridgehead atoms. The minimum absolute atomic E-state index is 0.0231. The van der Waals surface area contributed by atoms with E-state index < -0.39 is 20.5 Å². The fraction of sp³-hybridized carbons (Fsp3) is 0.0526. The van der Waals surface area contributed by atoms with Crippen LogP contribution in [0.15, 0.2) is 80.0 Å². The number of nitrogens with one attached hydrogen (secondary N) is 2. The first-order valence-electron chi connectivity index (χ1n) is 9.25. The Morgan fingerprint density at radius 1 is 1.12 bits per heavy atom. The third-order valence-electron chi connectivity index (χ3n) is 4.43. The Bertz CT molecular complexity index is 1490. The number of nitro benzene ring substituents is 1. The fourth-order valence-electron chi connectivity index (χ4n) is 2.81. The normalized spacial score (nSPS) is 11.7. The van der Waals surface area contributed by atoms with Crippen molar-refractivity contribution >= 4 is 43.6 Å². The van der Waals surface area contributed by atoms with Gasteiger partial charge in [0.25, 0.3) is 21.3 Å². The molecule has 2 aromatic carbocycles. The van der Waals surface area contributed by atoms with Gasteiger partial charge < -0.3 is 0 Å². The zero-order valence-electron chi connectivity index (χ0n) is 16.9. The highest BCUT2D eigenvalue weighted by molar-refractivity contribution is 7.93. The molecule has 0 saturated heterocycles. The number of benzene rings is 2. The number of thiazole rings is 1. The van der Waals surface area contributed by atoms with Gasteiger partial charge in [0.2, 0.25) is 0 Å². The number of aromatic amines is 1. The molecule has 0 saturated carbocycles. The summed E-state index contributed by atoms with van der Waals surface area (Å²) >= 11 is 1.16. The lowest BCUT2D eigenvalue weighted by atomic mass is 10.3. The highest BCUT2D eigenvalue weighted by Gasteiger charge is 2.16. The Morgan fingerprint density at radius 3 is 2.42 bits per heavy atom. The van der Waals surface area contributed by atoms with Crippen LogP contribution in [0.5, 0.6) is 0 Å². The molecule has 14 heteroatoms. The van der Waals surface area contributed by atoms with Crippen LogP contribution in [0.4, 0.5) is 22.2 Å². The molecule has 0 unspecified atom stereocenters. The number of aromatic nitrogens is 3. The molecule has 12 nitrogen and oxygen atoms in total. The number of non-ortho nitro benzene ring substituents is 1. The molecule has 2 heterocycles. The molecule has 0 aliphatic heterocycles. The second-order valence-electron chi connectivity index (χ2n) is 6.64. The molecule has 2 N–H and O–H groups in total. The third kappa shape index (κ3) is 4.70. The van der Waals surface area contributed by atoms with Gasteiger partial charge in [-0.1, -0.05) is 0 Å². The molecule has 0 atom stereocenters. The van der Waals surface area contributed by atoms with E-state index in [0.717, 1.165) is 11.3 Å². The van der Waals surface area contributed by atoms with Gasteiger partial charge in [-0.3, -0.25) is 24.7 Å². The van der Waals surface area contributed by atoms with Gasteiger partial charge in [0, 0.05) is 23.7 Å². The second kappa shape index (κ2) is 8.76. The molecule has 0 fully saturated rings. The van der Waals surface area contributed by atoms with Crippen LogP contribution in [0.3, 0.4) is 0 Å². The summed E-state index contributed by atoms with van der Waals surface area (Å²) in [5.74, 6) is 0. The Labute approximate surface area is 190 Å². The van der Waals surface area contributed by atoms with Crippen LogP contribution in [-0.2, 0) is 10.0 Å². The van der Waals surface area contributed by atoms with E-state index in [0.29, 0.717) is 17.1 Å². The largest absolute Gasteiger partial charge is 0.299 e. The first kappa shape index (κ1) is 22.0. The van der Waals surface area contributed by atoms with Crippen molar-refractivity contribution in [3.05, 3.63) is 86.3 Å². The van der Waals surface area contributed by atoms with Crippen LogP contribution in [0.2, 0.25) is 0 Å². The maximum absolute atomic E-state index is 12.7. The van der Waals surface area contributed by atoms with E-state index >= 15 is 0 Å². The van der Waals surface area contributed by atoms with E-state index in [1.165, 1.54) is 59.4 Å². The molecule has 0 aliphatic rings. The third-order valence-corrected chi connectivity index (χ3v) is 6.60. The van der Waals surface area contributed by atoms with Crippen LogP contribution in [-0.4, -0.2) is 28.1 Å². The van der Waals surface area contributed by atoms with Gasteiger partial charge in [0.15, 0.2) is 10.8 Å². The molecule has 0 spiro atoms. The summed E-state index contributed by atoms with van der Waals surface area (Å²) in [6, 6.07) is 11.1. The number of azo groups is 1. The zero-order chi connectivity index (χ0) is 23.6.